The van der Waals surface area contributed by atoms with E-state index >= 15 is 0 Å². The monoisotopic (exact) mass is 375 g/mol. The molecular weight excluding hydrogens is 338 g/mol. The van der Waals surface area contributed by atoms with E-state index in [2.05, 4.69) is 33.9 Å². The van der Waals surface area contributed by atoms with Crippen LogP contribution < -0.4 is 0 Å². The highest BCUT2D eigenvalue weighted by Crippen LogP contribution is 2.39. The molecule has 1 rings (SSSR count). The highest BCUT2D eigenvalue weighted by molar-refractivity contribution is 6.74. The van der Waals surface area contributed by atoms with Crippen molar-refractivity contribution in [1.82, 2.24) is 4.90 Å². The standard InChI is InChI=1S/C18H37NO5Si/c1-17(2,3)23-16(22)19-12-13(11-14(19)15(21)9-10-20)24-25(7,8)18(4,5)6/h13-15,20-21H,9-12H2,1-8H3/t13-,14+,15+/m1/s1. The van der Waals surface area contributed by atoms with Crippen LogP contribution in [-0.2, 0) is 9.16 Å². The molecule has 1 fully saturated rings. The van der Waals surface area contributed by atoms with Gasteiger partial charge in [-0.05, 0) is 51.7 Å². The van der Waals surface area contributed by atoms with Gasteiger partial charge in [0.2, 0.25) is 0 Å². The summed E-state index contributed by atoms with van der Waals surface area (Å²) < 4.78 is 11.9. The number of amides is 1. The van der Waals surface area contributed by atoms with Crippen LogP contribution in [0.15, 0.2) is 0 Å². The summed E-state index contributed by atoms with van der Waals surface area (Å²) in [4.78, 5) is 14.1. The van der Waals surface area contributed by atoms with E-state index in [1.54, 1.807) is 4.90 Å². The van der Waals surface area contributed by atoms with Crippen molar-refractivity contribution in [2.75, 3.05) is 13.2 Å². The Balaban J connectivity index is 2.92. The first-order valence-corrected chi connectivity index (χ1v) is 12.0. The van der Waals surface area contributed by atoms with Crippen molar-refractivity contribution < 1.29 is 24.2 Å². The lowest BCUT2D eigenvalue weighted by Gasteiger charge is -2.38. The second-order valence-electron chi connectivity index (χ2n) is 9.52. The highest BCUT2D eigenvalue weighted by Gasteiger charge is 2.46. The Morgan fingerprint density at radius 1 is 1.24 bits per heavy atom. The first-order valence-electron chi connectivity index (χ1n) is 9.14. The van der Waals surface area contributed by atoms with Crippen molar-refractivity contribution in [2.24, 2.45) is 0 Å². The second kappa shape index (κ2) is 7.94. The van der Waals surface area contributed by atoms with Crippen LogP contribution in [0.4, 0.5) is 4.79 Å². The minimum Gasteiger partial charge on any atom is -0.444 e. The zero-order valence-electron chi connectivity index (χ0n) is 17.1. The Morgan fingerprint density at radius 2 is 1.80 bits per heavy atom. The van der Waals surface area contributed by atoms with E-state index in [9.17, 15) is 9.90 Å². The maximum absolute atomic E-state index is 12.6. The maximum Gasteiger partial charge on any atom is 0.410 e. The number of nitrogens with zero attached hydrogens (tertiary/aromatic N) is 1. The molecule has 1 heterocycles. The van der Waals surface area contributed by atoms with E-state index < -0.39 is 32.2 Å². The molecule has 0 radical (unpaired) electrons. The molecule has 0 spiro atoms. The van der Waals surface area contributed by atoms with Crippen molar-refractivity contribution in [3.8, 4) is 0 Å². The minimum absolute atomic E-state index is 0.0750. The molecule has 0 aromatic heterocycles. The fourth-order valence-electron chi connectivity index (χ4n) is 2.72. The van der Waals surface area contributed by atoms with Gasteiger partial charge in [0.15, 0.2) is 8.32 Å². The van der Waals surface area contributed by atoms with Gasteiger partial charge in [-0.3, -0.25) is 4.90 Å². The molecule has 0 aromatic rings. The van der Waals surface area contributed by atoms with Crippen molar-refractivity contribution in [1.29, 1.82) is 0 Å². The lowest BCUT2D eigenvalue weighted by Crippen LogP contribution is -2.46. The summed E-state index contributed by atoms with van der Waals surface area (Å²) in [6.45, 7) is 16.7. The molecule has 148 valence electrons. The summed E-state index contributed by atoms with van der Waals surface area (Å²) in [5.74, 6) is 0. The predicted molar refractivity (Wildman–Crippen MR) is 101 cm³/mol. The van der Waals surface area contributed by atoms with E-state index in [1.165, 1.54) is 0 Å². The van der Waals surface area contributed by atoms with Crippen LogP contribution >= 0.6 is 0 Å². The SMILES string of the molecule is CC(C)(C)OC(=O)N1C[C@H](O[Si](C)(C)C(C)(C)C)C[C@H]1[C@@H](O)CCO. The van der Waals surface area contributed by atoms with Crippen LogP contribution in [0.3, 0.4) is 0 Å². The van der Waals surface area contributed by atoms with Crippen LogP contribution in [0.1, 0.15) is 54.4 Å². The minimum atomic E-state index is -1.97. The first kappa shape index (κ1) is 22.4. The summed E-state index contributed by atoms with van der Waals surface area (Å²) in [7, 11) is -1.97. The molecule has 0 bridgehead atoms. The Morgan fingerprint density at radius 3 is 2.24 bits per heavy atom. The third-order valence-corrected chi connectivity index (χ3v) is 9.60. The molecule has 3 atom stereocenters. The molecule has 0 saturated carbocycles. The number of aliphatic hydroxyl groups is 2. The lowest BCUT2D eigenvalue weighted by molar-refractivity contribution is 0.000847. The molecule has 2 N–H and O–H groups in total. The number of carbonyl (C=O) groups excluding carboxylic acids is 1. The Kier molecular flexibility index (Phi) is 7.12. The molecule has 0 unspecified atom stereocenters. The van der Waals surface area contributed by atoms with Crippen LogP contribution in [0.5, 0.6) is 0 Å². The van der Waals surface area contributed by atoms with Crippen LogP contribution in [0, 0.1) is 0 Å². The smallest absolute Gasteiger partial charge is 0.410 e. The van der Waals surface area contributed by atoms with Gasteiger partial charge in [-0.1, -0.05) is 20.8 Å². The van der Waals surface area contributed by atoms with Crippen LogP contribution in [0.2, 0.25) is 18.1 Å². The van der Waals surface area contributed by atoms with E-state index in [-0.39, 0.29) is 24.2 Å². The van der Waals surface area contributed by atoms with Crippen molar-refractivity contribution in [3.05, 3.63) is 0 Å². The average molecular weight is 376 g/mol. The average Bonchev–Trinajstić information content (AvgIpc) is 2.79. The number of ether oxygens (including phenoxy) is 1. The van der Waals surface area contributed by atoms with E-state index in [4.69, 9.17) is 14.3 Å². The molecule has 25 heavy (non-hydrogen) atoms. The normalized spacial score (nSPS) is 23.7. The number of carbonyl (C=O) groups is 1. The molecule has 0 aliphatic carbocycles. The number of hydrogen-bond acceptors (Lipinski definition) is 5. The van der Waals surface area contributed by atoms with Crippen molar-refractivity contribution in [3.63, 3.8) is 0 Å². The van der Waals surface area contributed by atoms with Gasteiger partial charge in [0.25, 0.3) is 0 Å². The summed E-state index contributed by atoms with van der Waals surface area (Å²) in [5.41, 5.74) is -0.595. The van der Waals surface area contributed by atoms with Gasteiger partial charge in [-0.15, -0.1) is 0 Å². The zero-order chi connectivity index (χ0) is 19.6. The van der Waals surface area contributed by atoms with Gasteiger partial charge < -0.3 is 19.4 Å². The number of rotatable bonds is 5. The number of likely N-dealkylation sites (tertiary alicyclic amines) is 1. The second-order valence-corrected chi connectivity index (χ2v) is 14.3. The Bertz CT molecular complexity index is 455. The van der Waals surface area contributed by atoms with Gasteiger partial charge in [-0.25, -0.2) is 4.79 Å². The fourth-order valence-corrected chi connectivity index (χ4v) is 4.08. The number of hydrogen-bond donors (Lipinski definition) is 2. The van der Waals surface area contributed by atoms with Crippen molar-refractivity contribution in [2.45, 2.75) is 96.4 Å². The summed E-state index contributed by atoms with van der Waals surface area (Å²) in [6.07, 6.45) is -0.544. The summed E-state index contributed by atoms with van der Waals surface area (Å²) >= 11 is 0. The van der Waals surface area contributed by atoms with Crippen LogP contribution in [0.25, 0.3) is 0 Å². The molecule has 0 aromatic carbocycles. The topological polar surface area (TPSA) is 79.2 Å². The van der Waals surface area contributed by atoms with E-state index in [0.29, 0.717) is 13.0 Å². The summed E-state index contributed by atoms with van der Waals surface area (Å²) in [6, 6.07) is -0.392. The maximum atomic E-state index is 12.6. The molecule has 1 saturated heterocycles. The fraction of sp³-hybridized carbons (Fsp3) is 0.944. The number of aliphatic hydroxyl groups excluding tert-OH is 2. The molecule has 6 nitrogen and oxygen atoms in total. The first-order chi connectivity index (χ1) is 11.2. The quantitative estimate of drug-likeness (QED) is 0.722. The third-order valence-electron chi connectivity index (χ3n) is 5.07. The van der Waals surface area contributed by atoms with E-state index in [0.717, 1.165) is 0 Å². The lowest BCUT2D eigenvalue weighted by atomic mass is 10.1. The molecule has 7 heteroatoms. The molecule has 1 amide bonds. The Labute approximate surface area is 153 Å². The molecular formula is C18H37NO5Si. The van der Waals surface area contributed by atoms with Gasteiger partial charge in [-0.2, -0.15) is 0 Å². The van der Waals surface area contributed by atoms with Gasteiger partial charge >= 0.3 is 6.09 Å². The largest absolute Gasteiger partial charge is 0.444 e. The van der Waals surface area contributed by atoms with Crippen LogP contribution in [-0.4, -0.2) is 66.5 Å². The summed E-state index contributed by atoms with van der Waals surface area (Å²) in [5, 5.41) is 19.6. The predicted octanol–water partition coefficient (Wildman–Crippen LogP) is 3.13. The van der Waals surface area contributed by atoms with Gasteiger partial charge in [0.1, 0.15) is 5.60 Å². The molecule has 1 aliphatic heterocycles. The third kappa shape index (κ3) is 6.23. The highest BCUT2D eigenvalue weighted by atomic mass is 28.4. The van der Waals surface area contributed by atoms with Gasteiger partial charge in [0, 0.05) is 13.2 Å². The zero-order valence-corrected chi connectivity index (χ0v) is 18.1. The molecule has 1 aliphatic rings. The van der Waals surface area contributed by atoms with E-state index in [1.807, 2.05) is 20.8 Å². The van der Waals surface area contributed by atoms with Crippen molar-refractivity contribution >= 4 is 14.4 Å². The Hall–Kier alpha value is -0.633. The van der Waals surface area contributed by atoms with Gasteiger partial charge in [0.05, 0.1) is 18.2 Å².